The first-order valence-electron chi connectivity index (χ1n) is 13.7. The maximum Gasteiger partial charge on any atom is 0.260 e. The van der Waals surface area contributed by atoms with Crippen molar-refractivity contribution in [2.75, 3.05) is 57.4 Å². The molecule has 2 aliphatic heterocycles. The van der Waals surface area contributed by atoms with E-state index in [1.54, 1.807) is 17.0 Å². The highest BCUT2D eigenvalue weighted by Gasteiger charge is 2.32. The molecule has 12 heteroatoms. The fourth-order valence-corrected chi connectivity index (χ4v) is 7.63. The van der Waals surface area contributed by atoms with Crippen LogP contribution in [0.2, 0.25) is 0 Å². The predicted octanol–water partition coefficient (Wildman–Crippen LogP) is 3.85. The molecule has 3 heterocycles. The van der Waals surface area contributed by atoms with Gasteiger partial charge in [-0.25, -0.2) is 13.4 Å². The number of thiazole rings is 1. The minimum atomic E-state index is -3.71. The molecule has 0 unspecified atom stereocenters. The molecule has 1 saturated heterocycles. The summed E-state index contributed by atoms with van der Waals surface area (Å²) in [6.07, 6.45) is -0.368. The van der Waals surface area contributed by atoms with Crippen LogP contribution in [0.15, 0.2) is 41.3 Å². The number of nitrogens with zero attached hydrogens (tertiary/aromatic N) is 4. The van der Waals surface area contributed by atoms with Crippen LogP contribution in [0.4, 0.5) is 5.13 Å². The molecule has 0 spiro atoms. The van der Waals surface area contributed by atoms with Crippen LogP contribution in [0.5, 0.6) is 11.5 Å². The molecule has 1 amide bonds. The number of rotatable bonds is 9. The van der Waals surface area contributed by atoms with Crippen LogP contribution < -0.4 is 14.4 Å². The standard InChI is InChI=1S/C28H36N4O6S2/c1-5-30(6-2)11-12-32(28-29-23-15-24-25(16-26(23)39-28)37-14-13-36-24)27(33)21-7-9-22(10-8-21)40(34,35)31-17-19(3)38-20(4)18-31/h7-10,15-16,19-20H,5-6,11-14,17-18H2,1-4H3/t19-,20+. The second-order valence-electron chi connectivity index (χ2n) is 10.0. The molecule has 2 atom stereocenters. The van der Waals surface area contributed by atoms with Crippen molar-refractivity contribution in [2.45, 2.75) is 44.8 Å². The number of amides is 1. The van der Waals surface area contributed by atoms with Gasteiger partial charge in [0, 0.05) is 43.9 Å². The van der Waals surface area contributed by atoms with Gasteiger partial charge in [0.2, 0.25) is 10.0 Å². The van der Waals surface area contributed by atoms with Crippen LogP contribution in [0.25, 0.3) is 10.2 Å². The van der Waals surface area contributed by atoms with Gasteiger partial charge >= 0.3 is 0 Å². The van der Waals surface area contributed by atoms with Crippen molar-refractivity contribution in [1.82, 2.24) is 14.2 Å². The summed E-state index contributed by atoms with van der Waals surface area (Å²) in [6, 6.07) is 9.95. The van der Waals surface area contributed by atoms with Crippen molar-refractivity contribution in [3.63, 3.8) is 0 Å². The van der Waals surface area contributed by atoms with Crippen molar-refractivity contribution in [2.24, 2.45) is 0 Å². The second kappa shape index (κ2) is 12.0. The van der Waals surface area contributed by atoms with Gasteiger partial charge in [0.15, 0.2) is 16.6 Å². The van der Waals surface area contributed by atoms with Crippen LogP contribution in [0.3, 0.4) is 0 Å². The van der Waals surface area contributed by atoms with Crippen molar-refractivity contribution >= 4 is 42.6 Å². The van der Waals surface area contributed by atoms with E-state index in [1.807, 2.05) is 26.0 Å². The number of hydrogen-bond donors (Lipinski definition) is 0. The number of likely N-dealkylation sites (N-methyl/N-ethyl adjacent to an activating group) is 1. The molecule has 0 aliphatic carbocycles. The zero-order valence-corrected chi connectivity index (χ0v) is 25.0. The summed E-state index contributed by atoms with van der Waals surface area (Å²) in [4.78, 5) is 22.7. The third-order valence-corrected chi connectivity index (χ3v) is 10.1. The van der Waals surface area contributed by atoms with Gasteiger partial charge in [-0.1, -0.05) is 25.2 Å². The number of ether oxygens (including phenoxy) is 3. The average molecular weight is 589 g/mol. The van der Waals surface area contributed by atoms with Crippen LogP contribution in [0, 0.1) is 0 Å². The Bertz CT molecular complexity index is 1400. The zero-order valence-electron chi connectivity index (χ0n) is 23.3. The van der Waals surface area contributed by atoms with E-state index in [0.29, 0.717) is 61.6 Å². The molecule has 216 valence electrons. The van der Waals surface area contributed by atoms with E-state index in [2.05, 4.69) is 18.7 Å². The Morgan fingerprint density at radius 3 is 2.25 bits per heavy atom. The highest BCUT2D eigenvalue weighted by molar-refractivity contribution is 7.89. The Morgan fingerprint density at radius 1 is 1.00 bits per heavy atom. The molecule has 2 aliphatic rings. The van der Waals surface area contributed by atoms with E-state index >= 15 is 0 Å². The fourth-order valence-electron chi connectivity index (χ4n) is 5.03. The molecule has 40 heavy (non-hydrogen) atoms. The van der Waals surface area contributed by atoms with E-state index in [0.717, 1.165) is 23.3 Å². The van der Waals surface area contributed by atoms with E-state index in [1.165, 1.54) is 27.8 Å². The third-order valence-electron chi connectivity index (χ3n) is 7.18. The molecule has 10 nitrogen and oxygen atoms in total. The molecule has 0 N–H and O–H groups in total. The van der Waals surface area contributed by atoms with Crippen molar-refractivity contribution in [1.29, 1.82) is 0 Å². The largest absolute Gasteiger partial charge is 0.486 e. The van der Waals surface area contributed by atoms with Crippen LogP contribution >= 0.6 is 11.3 Å². The first kappa shape index (κ1) is 28.7. The highest BCUT2D eigenvalue weighted by Crippen LogP contribution is 2.39. The molecule has 1 fully saturated rings. The van der Waals surface area contributed by atoms with Gasteiger partial charge in [0.05, 0.1) is 27.3 Å². The van der Waals surface area contributed by atoms with Crippen molar-refractivity contribution in [3.05, 3.63) is 42.0 Å². The monoisotopic (exact) mass is 588 g/mol. The van der Waals surface area contributed by atoms with Gasteiger partial charge in [-0.15, -0.1) is 0 Å². The number of carbonyl (C=O) groups is 1. The summed E-state index contributed by atoms with van der Waals surface area (Å²) in [6.45, 7) is 12.3. The molecule has 0 radical (unpaired) electrons. The summed E-state index contributed by atoms with van der Waals surface area (Å²) >= 11 is 1.42. The first-order valence-corrected chi connectivity index (χ1v) is 15.9. The van der Waals surface area contributed by atoms with Crippen molar-refractivity contribution < 1.29 is 27.4 Å². The highest BCUT2D eigenvalue weighted by atomic mass is 32.2. The molecule has 1 aromatic heterocycles. The topological polar surface area (TPSA) is 102 Å². The lowest BCUT2D eigenvalue weighted by atomic mass is 10.2. The van der Waals surface area contributed by atoms with Crippen molar-refractivity contribution in [3.8, 4) is 11.5 Å². The number of benzene rings is 2. The summed E-state index contributed by atoms with van der Waals surface area (Å²) in [7, 11) is -3.71. The van der Waals surface area contributed by atoms with E-state index in [9.17, 15) is 13.2 Å². The van der Waals surface area contributed by atoms with Crippen LogP contribution in [-0.4, -0.2) is 93.2 Å². The Morgan fingerprint density at radius 2 is 1.62 bits per heavy atom. The molecular weight excluding hydrogens is 552 g/mol. The molecular formula is C28H36N4O6S2. The summed E-state index contributed by atoms with van der Waals surface area (Å²) < 4.78 is 46.1. The Balaban J connectivity index is 1.43. The lowest BCUT2D eigenvalue weighted by Gasteiger charge is -2.34. The molecule has 3 aromatic rings. The van der Waals surface area contributed by atoms with Gasteiger partial charge in [0.1, 0.15) is 13.2 Å². The summed E-state index contributed by atoms with van der Waals surface area (Å²) in [5.41, 5.74) is 1.13. The Kier molecular flexibility index (Phi) is 8.62. The Hall–Kier alpha value is -2.77. The number of aromatic nitrogens is 1. The fraction of sp³-hybridized carbons (Fsp3) is 0.500. The number of sulfonamides is 1. The number of carbonyl (C=O) groups excluding carboxylic acids is 1. The maximum atomic E-state index is 13.9. The molecule has 0 bridgehead atoms. The average Bonchev–Trinajstić information content (AvgIpc) is 3.35. The van der Waals surface area contributed by atoms with Crippen LogP contribution in [-0.2, 0) is 14.8 Å². The number of hydrogen-bond acceptors (Lipinski definition) is 9. The number of fused-ring (bicyclic) bond motifs is 2. The van der Waals surface area contributed by atoms with Gasteiger partial charge in [-0.3, -0.25) is 9.69 Å². The van der Waals surface area contributed by atoms with E-state index in [-0.39, 0.29) is 23.0 Å². The van der Waals surface area contributed by atoms with Crippen LogP contribution in [0.1, 0.15) is 38.1 Å². The second-order valence-corrected chi connectivity index (χ2v) is 13.0. The van der Waals surface area contributed by atoms with Gasteiger partial charge < -0.3 is 19.1 Å². The number of anilines is 1. The van der Waals surface area contributed by atoms with E-state index < -0.39 is 10.0 Å². The normalized spacial score (nSPS) is 19.7. The zero-order chi connectivity index (χ0) is 28.4. The summed E-state index contributed by atoms with van der Waals surface area (Å²) in [5, 5.41) is 0.572. The molecule has 5 rings (SSSR count). The smallest absolute Gasteiger partial charge is 0.260 e. The first-order chi connectivity index (χ1) is 19.2. The lowest BCUT2D eigenvalue weighted by molar-refractivity contribution is -0.0440. The van der Waals surface area contributed by atoms with E-state index in [4.69, 9.17) is 19.2 Å². The lowest BCUT2D eigenvalue weighted by Crippen LogP contribution is -2.48. The van der Waals surface area contributed by atoms with Gasteiger partial charge in [0.25, 0.3) is 5.91 Å². The quantitative estimate of drug-likeness (QED) is 0.372. The van der Waals surface area contributed by atoms with Gasteiger partial charge in [-0.2, -0.15) is 4.31 Å². The maximum absolute atomic E-state index is 13.9. The third kappa shape index (κ3) is 5.96. The molecule has 2 aromatic carbocycles. The minimum Gasteiger partial charge on any atom is -0.486 e. The van der Waals surface area contributed by atoms with Gasteiger partial charge in [-0.05, 0) is 51.2 Å². The number of morpholine rings is 1. The predicted molar refractivity (Wildman–Crippen MR) is 155 cm³/mol. The SMILES string of the molecule is CCN(CC)CCN(C(=O)c1ccc(S(=O)(=O)N2C[C@@H](C)O[C@@H](C)C2)cc1)c1nc2cc3c(cc2s1)OCCO3. The summed E-state index contributed by atoms with van der Waals surface area (Å²) in [5.74, 6) is 1.09. The molecule has 0 saturated carbocycles. The minimum absolute atomic E-state index is 0.158. The Labute approximate surface area is 239 Å².